The fourth-order valence-electron chi connectivity index (χ4n) is 1.19. The molecule has 0 spiro atoms. The minimum absolute atomic E-state index is 0. The van der Waals surface area contributed by atoms with Crippen molar-refractivity contribution in [1.29, 1.82) is 0 Å². The molecule has 17 heavy (non-hydrogen) atoms. The molecule has 3 nitrogen and oxygen atoms in total. The van der Waals surface area contributed by atoms with Crippen LogP contribution < -0.4 is 11.1 Å². The molecule has 3 N–H and O–H groups in total. The molecule has 1 aromatic carbocycles. The maximum atomic E-state index is 13.0. The number of hydrogen-bond acceptors (Lipinski definition) is 1. The number of nitrogens with two attached hydrogens (primary N) is 1. The van der Waals surface area contributed by atoms with Crippen molar-refractivity contribution < 1.29 is 4.39 Å². The summed E-state index contributed by atoms with van der Waals surface area (Å²) in [6.07, 6.45) is 0.988. The van der Waals surface area contributed by atoms with Gasteiger partial charge in [0.1, 0.15) is 5.82 Å². The number of aliphatic imine (C=N–C) groups is 1. The van der Waals surface area contributed by atoms with Crippen LogP contribution in [-0.2, 0) is 6.54 Å². The monoisotopic (exact) mass is 415 g/mol. The molecule has 0 unspecified atom stereocenters. The Labute approximate surface area is 126 Å². The van der Waals surface area contributed by atoms with Gasteiger partial charge in [0.15, 0.2) is 5.96 Å². The SMILES string of the molecule is CCCNC(N)=NCc1cc(F)cc(Br)c1.I. The zero-order chi connectivity index (χ0) is 12.0. The van der Waals surface area contributed by atoms with E-state index in [4.69, 9.17) is 5.73 Å². The second-order valence-electron chi connectivity index (χ2n) is 3.41. The Balaban J connectivity index is 0.00000256. The summed E-state index contributed by atoms with van der Waals surface area (Å²) < 4.78 is 13.7. The molecule has 0 saturated carbocycles. The number of benzene rings is 1. The highest BCUT2D eigenvalue weighted by Gasteiger charge is 1.98. The third kappa shape index (κ3) is 6.82. The molecule has 0 aliphatic heterocycles. The summed E-state index contributed by atoms with van der Waals surface area (Å²) in [4.78, 5) is 4.11. The summed E-state index contributed by atoms with van der Waals surface area (Å²) in [5.74, 6) is 0.113. The Kier molecular flexibility index (Phi) is 8.49. The topological polar surface area (TPSA) is 50.4 Å². The first-order valence-corrected chi connectivity index (χ1v) is 5.90. The second-order valence-corrected chi connectivity index (χ2v) is 4.32. The first kappa shape index (κ1) is 16.6. The quantitative estimate of drug-likeness (QED) is 0.451. The second kappa shape index (κ2) is 8.68. The summed E-state index contributed by atoms with van der Waals surface area (Å²) in [6.45, 7) is 3.21. The van der Waals surface area contributed by atoms with Crippen LogP contribution >= 0.6 is 39.9 Å². The van der Waals surface area contributed by atoms with E-state index in [1.54, 1.807) is 0 Å². The molecule has 0 aliphatic rings. The maximum Gasteiger partial charge on any atom is 0.188 e. The Morgan fingerprint density at radius 1 is 1.47 bits per heavy atom. The highest BCUT2D eigenvalue weighted by atomic mass is 127. The molecule has 0 aromatic heterocycles. The Morgan fingerprint density at radius 3 is 2.76 bits per heavy atom. The largest absolute Gasteiger partial charge is 0.370 e. The number of nitrogens with zero attached hydrogens (tertiary/aromatic N) is 1. The lowest BCUT2D eigenvalue weighted by atomic mass is 10.2. The van der Waals surface area contributed by atoms with E-state index in [2.05, 4.69) is 26.2 Å². The van der Waals surface area contributed by atoms with E-state index in [-0.39, 0.29) is 29.8 Å². The van der Waals surface area contributed by atoms with Gasteiger partial charge in [0.05, 0.1) is 6.54 Å². The van der Waals surface area contributed by atoms with Gasteiger partial charge in [-0.1, -0.05) is 22.9 Å². The van der Waals surface area contributed by atoms with E-state index in [0.29, 0.717) is 17.0 Å². The van der Waals surface area contributed by atoms with Crippen LogP contribution in [0.2, 0.25) is 0 Å². The zero-order valence-electron chi connectivity index (χ0n) is 9.54. The molecule has 0 bridgehead atoms. The van der Waals surface area contributed by atoms with E-state index in [9.17, 15) is 4.39 Å². The third-order valence-corrected chi connectivity index (χ3v) is 2.37. The van der Waals surface area contributed by atoms with Crippen LogP contribution in [0, 0.1) is 5.82 Å². The molecule has 0 saturated heterocycles. The predicted molar refractivity (Wildman–Crippen MR) is 83.1 cm³/mol. The van der Waals surface area contributed by atoms with Gasteiger partial charge in [-0.25, -0.2) is 9.38 Å². The van der Waals surface area contributed by atoms with Crippen LogP contribution in [0.5, 0.6) is 0 Å². The molecule has 0 atom stereocenters. The van der Waals surface area contributed by atoms with Crippen molar-refractivity contribution in [3.8, 4) is 0 Å². The number of rotatable bonds is 4. The average Bonchev–Trinajstić information content (AvgIpc) is 2.22. The van der Waals surface area contributed by atoms with E-state index < -0.39 is 0 Å². The van der Waals surface area contributed by atoms with Crippen LogP contribution in [0.15, 0.2) is 27.7 Å². The molecule has 96 valence electrons. The van der Waals surface area contributed by atoms with Crippen LogP contribution in [0.1, 0.15) is 18.9 Å². The minimum Gasteiger partial charge on any atom is -0.370 e. The van der Waals surface area contributed by atoms with Gasteiger partial charge in [0.25, 0.3) is 0 Å². The summed E-state index contributed by atoms with van der Waals surface area (Å²) in [5.41, 5.74) is 6.40. The van der Waals surface area contributed by atoms with Crippen LogP contribution in [0.25, 0.3) is 0 Å². The van der Waals surface area contributed by atoms with Gasteiger partial charge in [0, 0.05) is 11.0 Å². The predicted octanol–water partition coefficient (Wildman–Crippen LogP) is 3.02. The first-order valence-electron chi connectivity index (χ1n) is 5.10. The summed E-state index contributed by atoms with van der Waals surface area (Å²) in [6, 6.07) is 4.67. The van der Waals surface area contributed by atoms with Crippen molar-refractivity contribution in [3.05, 3.63) is 34.1 Å². The van der Waals surface area contributed by atoms with Gasteiger partial charge in [-0.2, -0.15) is 0 Å². The molecule has 1 rings (SSSR count). The summed E-state index contributed by atoms with van der Waals surface area (Å²) in [5, 5.41) is 2.95. The van der Waals surface area contributed by atoms with Gasteiger partial charge in [-0.15, -0.1) is 24.0 Å². The van der Waals surface area contributed by atoms with Crippen molar-refractivity contribution in [3.63, 3.8) is 0 Å². The molecule has 0 heterocycles. The lowest BCUT2D eigenvalue weighted by Crippen LogP contribution is -2.32. The maximum absolute atomic E-state index is 13.0. The third-order valence-electron chi connectivity index (χ3n) is 1.91. The number of nitrogens with one attached hydrogen (secondary N) is 1. The van der Waals surface area contributed by atoms with Gasteiger partial charge < -0.3 is 11.1 Å². The van der Waals surface area contributed by atoms with Gasteiger partial charge in [-0.05, 0) is 30.2 Å². The molecule has 0 fully saturated rings. The normalized spacial score (nSPS) is 10.9. The fraction of sp³-hybridized carbons (Fsp3) is 0.364. The highest BCUT2D eigenvalue weighted by molar-refractivity contribution is 14.0. The van der Waals surface area contributed by atoms with Crippen molar-refractivity contribution in [2.24, 2.45) is 10.7 Å². The lowest BCUT2D eigenvalue weighted by Gasteiger charge is -2.04. The fourth-order valence-corrected chi connectivity index (χ4v) is 1.70. The van der Waals surface area contributed by atoms with Gasteiger partial charge in [-0.3, -0.25) is 0 Å². The van der Waals surface area contributed by atoms with E-state index in [1.807, 2.05) is 13.0 Å². The summed E-state index contributed by atoms with van der Waals surface area (Å²) in [7, 11) is 0. The van der Waals surface area contributed by atoms with E-state index >= 15 is 0 Å². The Hall–Kier alpha value is -0.370. The highest BCUT2D eigenvalue weighted by Crippen LogP contribution is 2.15. The molecule has 0 aliphatic carbocycles. The van der Waals surface area contributed by atoms with Crippen molar-refractivity contribution >= 4 is 45.9 Å². The standard InChI is InChI=1S/C11H15BrFN3.HI/c1-2-3-15-11(14)16-7-8-4-9(12)6-10(13)5-8;/h4-6H,2-3,7H2,1H3,(H3,14,15,16);1H. The average molecular weight is 416 g/mol. The van der Waals surface area contributed by atoms with Crippen molar-refractivity contribution in [2.75, 3.05) is 6.54 Å². The number of hydrogen-bond donors (Lipinski definition) is 2. The Bertz CT molecular complexity index is 365. The van der Waals surface area contributed by atoms with E-state index in [0.717, 1.165) is 18.5 Å². The number of halogens is 3. The van der Waals surface area contributed by atoms with Crippen LogP contribution in [0.3, 0.4) is 0 Å². The van der Waals surface area contributed by atoms with Crippen LogP contribution in [0.4, 0.5) is 4.39 Å². The zero-order valence-corrected chi connectivity index (χ0v) is 13.5. The molecular formula is C11H16BrFIN3. The molecule has 6 heteroatoms. The lowest BCUT2D eigenvalue weighted by molar-refractivity contribution is 0.624. The van der Waals surface area contributed by atoms with Gasteiger partial charge in [0.2, 0.25) is 0 Å². The van der Waals surface area contributed by atoms with Crippen LogP contribution in [-0.4, -0.2) is 12.5 Å². The molecule has 0 radical (unpaired) electrons. The molecule has 1 aromatic rings. The van der Waals surface area contributed by atoms with Crippen molar-refractivity contribution in [2.45, 2.75) is 19.9 Å². The number of guanidine groups is 1. The minimum atomic E-state index is -0.278. The Morgan fingerprint density at radius 2 is 2.18 bits per heavy atom. The van der Waals surface area contributed by atoms with E-state index in [1.165, 1.54) is 12.1 Å². The summed E-state index contributed by atoms with van der Waals surface area (Å²) >= 11 is 3.23. The first-order chi connectivity index (χ1) is 7.61. The molecular weight excluding hydrogens is 400 g/mol. The molecule has 0 amide bonds. The smallest absolute Gasteiger partial charge is 0.188 e. The van der Waals surface area contributed by atoms with Crippen molar-refractivity contribution in [1.82, 2.24) is 5.32 Å². The van der Waals surface area contributed by atoms with Gasteiger partial charge >= 0.3 is 0 Å².